The number of amides is 1. The molecule has 32 heavy (non-hydrogen) atoms. The fourth-order valence-electron chi connectivity index (χ4n) is 3.89. The number of aromatic nitrogens is 5. The van der Waals surface area contributed by atoms with Gasteiger partial charge in [0, 0.05) is 32.4 Å². The molecule has 1 aliphatic heterocycles. The van der Waals surface area contributed by atoms with Gasteiger partial charge in [-0.05, 0) is 31.2 Å². The fraction of sp³-hybridized carbons (Fsp3) is 0.318. The van der Waals surface area contributed by atoms with Crippen LogP contribution in [0.1, 0.15) is 11.5 Å². The lowest BCUT2D eigenvalue weighted by Gasteiger charge is -2.36. The van der Waals surface area contributed by atoms with Crippen molar-refractivity contribution in [1.82, 2.24) is 30.0 Å². The van der Waals surface area contributed by atoms with Crippen LogP contribution in [0.25, 0.3) is 11.0 Å². The van der Waals surface area contributed by atoms with Gasteiger partial charge >= 0.3 is 0 Å². The lowest BCUT2D eigenvalue weighted by atomic mass is 10.2. The fourth-order valence-corrected chi connectivity index (χ4v) is 3.89. The molecule has 1 aliphatic rings. The zero-order valence-corrected chi connectivity index (χ0v) is 17.8. The van der Waals surface area contributed by atoms with E-state index in [0.29, 0.717) is 12.2 Å². The molecule has 5 heterocycles. The number of pyridine rings is 1. The molecule has 0 aromatic carbocycles. The zero-order valence-electron chi connectivity index (χ0n) is 17.8. The number of nitrogens with zero attached hydrogens (tertiary/aromatic N) is 7. The second-order valence-corrected chi connectivity index (χ2v) is 7.69. The van der Waals surface area contributed by atoms with Gasteiger partial charge in [0.2, 0.25) is 5.91 Å². The summed E-state index contributed by atoms with van der Waals surface area (Å²) in [4.78, 5) is 30.2. The third kappa shape index (κ3) is 4.11. The molecule has 10 heteroatoms. The number of nitrogens with one attached hydrogen (secondary N) is 1. The van der Waals surface area contributed by atoms with Crippen LogP contribution in [0.15, 0.2) is 53.5 Å². The van der Waals surface area contributed by atoms with Gasteiger partial charge in [0.05, 0.1) is 18.1 Å². The Morgan fingerprint density at radius 1 is 1.06 bits per heavy atom. The zero-order chi connectivity index (χ0) is 21.9. The molecule has 0 radical (unpaired) electrons. The molecule has 4 aromatic rings. The molecule has 1 N–H and O–H groups in total. The molecule has 0 unspecified atom stereocenters. The van der Waals surface area contributed by atoms with Crippen LogP contribution in [-0.2, 0) is 17.9 Å². The highest BCUT2D eigenvalue weighted by molar-refractivity contribution is 5.88. The Hall–Kier alpha value is -3.95. The number of carbonyl (C=O) groups is 1. The lowest BCUT2D eigenvalue weighted by molar-refractivity contribution is -0.122. The first kappa shape index (κ1) is 20.0. The maximum absolute atomic E-state index is 12.4. The molecule has 10 nitrogen and oxygen atoms in total. The number of piperazine rings is 1. The summed E-state index contributed by atoms with van der Waals surface area (Å²) >= 11 is 0. The van der Waals surface area contributed by atoms with Crippen molar-refractivity contribution in [3.8, 4) is 0 Å². The highest BCUT2D eigenvalue weighted by Gasteiger charge is 2.22. The Balaban J connectivity index is 1.25. The van der Waals surface area contributed by atoms with Crippen LogP contribution in [0.3, 0.4) is 0 Å². The van der Waals surface area contributed by atoms with Crippen molar-refractivity contribution < 1.29 is 9.21 Å². The molecular formula is C22H24N8O2. The molecule has 164 valence electrons. The number of hydrogen-bond acceptors (Lipinski definition) is 8. The molecule has 0 spiro atoms. The van der Waals surface area contributed by atoms with Crippen LogP contribution in [-0.4, -0.2) is 56.8 Å². The summed E-state index contributed by atoms with van der Waals surface area (Å²) in [7, 11) is 0. The first-order chi connectivity index (χ1) is 15.7. The summed E-state index contributed by atoms with van der Waals surface area (Å²) in [6.07, 6.45) is 5.08. The number of hydrogen-bond donors (Lipinski definition) is 1. The minimum atomic E-state index is -0.159. The molecule has 5 rings (SSSR count). The average molecular weight is 432 g/mol. The van der Waals surface area contributed by atoms with E-state index in [9.17, 15) is 4.79 Å². The summed E-state index contributed by atoms with van der Waals surface area (Å²) in [6.45, 7) is 5.63. The normalized spacial score (nSPS) is 14.2. The Morgan fingerprint density at radius 3 is 2.66 bits per heavy atom. The van der Waals surface area contributed by atoms with E-state index in [4.69, 9.17) is 4.42 Å². The van der Waals surface area contributed by atoms with Gasteiger partial charge < -0.3 is 19.5 Å². The van der Waals surface area contributed by atoms with E-state index in [0.717, 1.165) is 54.7 Å². The minimum Gasteiger partial charge on any atom is -0.465 e. The van der Waals surface area contributed by atoms with E-state index < -0.39 is 0 Å². The maximum atomic E-state index is 12.4. The van der Waals surface area contributed by atoms with Crippen molar-refractivity contribution in [1.29, 1.82) is 0 Å². The van der Waals surface area contributed by atoms with Gasteiger partial charge in [0.1, 0.15) is 36.0 Å². The van der Waals surface area contributed by atoms with Gasteiger partial charge in [-0.25, -0.2) is 19.6 Å². The molecule has 0 saturated carbocycles. The van der Waals surface area contributed by atoms with Crippen LogP contribution in [0.4, 0.5) is 11.6 Å². The van der Waals surface area contributed by atoms with Crippen molar-refractivity contribution in [2.24, 2.45) is 0 Å². The number of aryl methyl sites for hydroxylation is 1. The number of fused-ring (bicyclic) bond motifs is 1. The monoisotopic (exact) mass is 432 g/mol. The quantitative estimate of drug-likeness (QED) is 0.491. The standard InChI is InChI=1S/C22H24N8O2/c1-16-5-6-17(32-16)12-24-20(31)14-30-22-18(13-27-30)21(25-15-26-22)29-10-8-28(9-11-29)19-4-2-3-7-23-19/h2-7,13,15H,8-12,14H2,1H3,(H,24,31). The van der Waals surface area contributed by atoms with Crippen molar-refractivity contribution in [3.63, 3.8) is 0 Å². The molecule has 0 bridgehead atoms. The van der Waals surface area contributed by atoms with Gasteiger partial charge in [-0.1, -0.05) is 6.07 Å². The molecule has 1 fully saturated rings. The van der Waals surface area contributed by atoms with Crippen LogP contribution < -0.4 is 15.1 Å². The van der Waals surface area contributed by atoms with Gasteiger partial charge in [0.25, 0.3) is 0 Å². The number of anilines is 2. The van der Waals surface area contributed by atoms with Crippen LogP contribution in [0.5, 0.6) is 0 Å². The lowest BCUT2D eigenvalue weighted by Crippen LogP contribution is -2.47. The Morgan fingerprint density at radius 2 is 1.91 bits per heavy atom. The van der Waals surface area contributed by atoms with Crippen LogP contribution in [0, 0.1) is 6.92 Å². The van der Waals surface area contributed by atoms with Gasteiger partial charge in [-0.3, -0.25) is 4.79 Å². The number of rotatable bonds is 6. The summed E-state index contributed by atoms with van der Waals surface area (Å²) in [6, 6.07) is 9.68. The Kier molecular flexibility index (Phi) is 5.40. The van der Waals surface area contributed by atoms with E-state index in [-0.39, 0.29) is 12.5 Å². The first-order valence-corrected chi connectivity index (χ1v) is 10.6. The number of carbonyl (C=O) groups excluding carboxylic acids is 1. The molecule has 1 amide bonds. The SMILES string of the molecule is Cc1ccc(CNC(=O)Cn2ncc3c(N4CCN(c5ccccn5)CC4)ncnc32)o1. The first-order valence-electron chi connectivity index (χ1n) is 10.6. The predicted octanol–water partition coefficient (Wildman–Crippen LogP) is 1.77. The van der Waals surface area contributed by atoms with E-state index in [1.54, 1.807) is 10.9 Å². The Labute approximate surface area is 184 Å². The molecule has 4 aromatic heterocycles. The van der Waals surface area contributed by atoms with Crippen molar-refractivity contribution >= 4 is 28.6 Å². The third-order valence-corrected chi connectivity index (χ3v) is 5.51. The second kappa shape index (κ2) is 8.66. The average Bonchev–Trinajstić information content (AvgIpc) is 3.44. The van der Waals surface area contributed by atoms with E-state index in [1.807, 2.05) is 43.5 Å². The van der Waals surface area contributed by atoms with E-state index >= 15 is 0 Å². The summed E-state index contributed by atoms with van der Waals surface area (Å²) in [5.74, 6) is 3.21. The summed E-state index contributed by atoms with van der Waals surface area (Å²) in [5.41, 5.74) is 0.645. The van der Waals surface area contributed by atoms with Gasteiger partial charge in [-0.15, -0.1) is 0 Å². The molecule has 0 atom stereocenters. The van der Waals surface area contributed by atoms with Crippen LogP contribution >= 0.6 is 0 Å². The van der Waals surface area contributed by atoms with Crippen LogP contribution in [0.2, 0.25) is 0 Å². The largest absolute Gasteiger partial charge is 0.465 e. The number of furan rings is 1. The summed E-state index contributed by atoms with van der Waals surface area (Å²) < 4.78 is 7.09. The molecule has 1 saturated heterocycles. The third-order valence-electron chi connectivity index (χ3n) is 5.51. The second-order valence-electron chi connectivity index (χ2n) is 7.69. The van der Waals surface area contributed by atoms with Crippen molar-refractivity contribution in [3.05, 3.63) is 60.6 Å². The van der Waals surface area contributed by atoms with Gasteiger partial charge in [-0.2, -0.15) is 5.10 Å². The minimum absolute atomic E-state index is 0.0765. The smallest absolute Gasteiger partial charge is 0.242 e. The van der Waals surface area contributed by atoms with E-state index in [1.165, 1.54) is 6.33 Å². The maximum Gasteiger partial charge on any atom is 0.242 e. The van der Waals surface area contributed by atoms with E-state index in [2.05, 4.69) is 35.2 Å². The van der Waals surface area contributed by atoms with Crippen molar-refractivity contribution in [2.75, 3.05) is 36.0 Å². The van der Waals surface area contributed by atoms with Crippen molar-refractivity contribution in [2.45, 2.75) is 20.0 Å². The highest BCUT2D eigenvalue weighted by atomic mass is 16.3. The Bertz CT molecular complexity index is 1210. The predicted molar refractivity (Wildman–Crippen MR) is 119 cm³/mol. The highest BCUT2D eigenvalue weighted by Crippen LogP contribution is 2.24. The molecular weight excluding hydrogens is 408 g/mol. The van der Waals surface area contributed by atoms with Gasteiger partial charge in [0.15, 0.2) is 5.65 Å². The topological polar surface area (TPSA) is 105 Å². The molecule has 0 aliphatic carbocycles. The summed E-state index contributed by atoms with van der Waals surface area (Å²) in [5, 5.41) is 8.09.